The Labute approximate surface area is 174 Å². The molecule has 1 heterocycles. The minimum Gasteiger partial charge on any atom is -0.390 e. The molecular weight excluding hydrogens is 362 g/mol. The van der Waals surface area contributed by atoms with Crippen LogP contribution in [-0.4, -0.2) is 31.5 Å². The second-order valence-corrected chi connectivity index (χ2v) is 11.3. The van der Waals surface area contributed by atoms with Crippen LogP contribution in [0.5, 0.6) is 0 Å². The van der Waals surface area contributed by atoms with E-state index in [4.69, 9.17) is 0 Å². The minimum absolute atomic E-state index is 0.160. The molecule has 0 saturated heterocycles. The van der Waals surface area contributed by atoms with Gasteiger partial charge in [0, 0.05) is 5.92 Å². The second kappa shape index (κ2) is 6.90. The summed E-state index contributed by atoms with van der Waals surface area (Å²) in [6, 6.07) is 0. The van der Waals surface area contributed by atoms with Gasteiger partial charge in [-0.25, -0.2) is 0 Å². The van der Waals surface area contributed by atoms with Crippen molar-refractivity contribution in [2.45, 2.75) is 90.7 Å². The van der Waals surface area contributed by atoms with Crippen molar-refractivity contribution in [3.05, 3.63) is 11.9 Å². The second-order valence-electron chi connectivity index (χ2n) is 11.3. The van der Waals surface area contributed by atoms with Gasteiger partial charge in [-0.15, -0.1) is 0 Å². The summed E-state index contributed by atoms with van der Waals surface area (Å²) in [5, 5.41) is 19.1. The van der Waals surface area contributed by atoms with Crippen molar-refractivity contribution in [1.82, 2.24) is 15.0 Å². The summed E-state index contributed by atoms with van der Waals surface area (Å²) >= 11 is 0. The van der Waals surface area contributed by atoms with Crippen LogP contribution in [0.1, 0.15) is 77.3 Å². The first-order valence-electron chi connectivity index (χ1n) is 11.9. The maximum atomic E-state index is 13.2. The van der Waals surface area contributed by atoms with Gasteiger partial charge in [-0.05, 0) is 107 Å². The number of nitrogens with zero attached hydrogens (tertiary/aromatic N) is 3. The first kappa shape index (κ1) is 19.7. The van der Waals surface area contributed by atoms with Crippen LogP contribution in [0.25, 0.3) is 0 Å². The SMILES string of the molecule is Cc1cnn(CC(=O)[C@H]2CC[C@H]3[C@@H]4CC[C@@H]5C[C@](C)(O)CCC5[C@H]4CCC23C)n1. The normalized spacial score (nSPS) is 46.6. The third kappa shape index (κ3) is 3.28. The van der Waals surface area contributed by atoms with Gasteiger partial charge in [0.05, 0.1) is 17.5 Å². The molecule has 0 bridgehead atoms. The Morgan fingerprint density at radius 3 is 2.66 bits per heavy atom. The number of carbonyl (C=O) groups is 1. The maximum absolute atomic E-state index is 13.2. The number of hydrogen-bond acceptors (Lipinski definition) is 4. The fourth-order valence-corrected chi connectivity index (χ4v) is 8.32. The Morgan fingerprint density at radius 1 is 1.10 bits per heavy atom. The van der Waals surface area contributed by atoms with Crippen LogP contribution in [0.15, 0.2) is 6.20 Å². The lowest BCUT2D eigenvalue weighted by Crippen LogP contribution is -2.51. The average Bonchev–Trinajstić information content (AvgIpc) is 3.22. The first-order valence-corrected chi connectivity index (χ1v) is 11.9. The first-order chi connectivity index (χ1) is 13.8. The van der Waals surface area contributed by atoms with Crippen LogP contribution in [0, 0.1) is 47.8 Å². The zero-order valence-electron chi connectivity index (χ0n) is 18.3. The van der Waals surface area contributed by atoms with Crippen molar-refractivity contribution in [2.24, 2.45) is 40.9 Å². The molecular formula is C24H37N3O2. The highest BCUT2D eigenvalue weighted by molar-refractivity contribution is 5.82. The van der Waals surface area contributed by atoms with Crippen LogP contribution in [-0.2, 0) is 11.3 Å². The minimum atomic E-state index is -0.444. The molecule has 8 atom stereocenters. The van der Waals surface area contributed by atoms with E-state index in [1.165, 1.54) is 38.5 Å². The van der Waals surface area contributed by atoms with E-state index in [2.05, 4.69) is 17.1 Å². The molecule has 5 nitrogen and oxygen atoms in total. The zero-order chi connectivity index (χ0) is 20.4. The van der Waals surface area contributed by atoms with Crippen molar-refractivity contribution < 1.29 is 9.90 Å². The van der Waals surface area contributed by atoms with Crippen LogP contribution in [0.3, 0.4) is 0 Å². The van der Waals surface area contributed by atoms with E-state index in [0.29, 0.717) is 18.2 Å². The number of ketones is 1. The van der Waals surface area contributed by atoms with Crippen molar-refractivity contribution in [1.29, 1.82) is 0 Å². The van der Waals surface area contributed by atoms with Crippen LogP contribution in [0.4, 0.5) is 0 Å². The van der Waals surface area contributed by atoms with Gasteiger partial charge in [-0.1, -0.05) is 6.92 Å². The van der Waals surface area contributed by atoms with Gasteiger partial charge < -0.3 is 5.11 Å². The summed E-state index contributed by atoms with van der Waals surface area (Å²) < 4.78 is 0. The molecule has 1 aromatic heterocycles. The lowest BCUT2D eigenvalue weighted by atomic mass is 9.49. The molecule has 4 aliphatic rings. The van der Waals surface area contributed by atoms with E-state index >= 15 is 0 Å². The largest absolute Gasteiger partial charge is 0.390 e. The van der Waals surface area contributed by atoms with Crippen molar-refractivity contribution in [3.63, 3.8) is 0 Å². The van der Waals surface area contributed by atoms with Gasteiger partial charge >= 0.3 is 0 Å². The Morgan fingerprint density at radius 2 is 1.90 bits per heavy atom. The number of aliphatic hydroxyl groups is 1. The Balaban J connectivity index is 1.31. The van der Waals surface area contributed by atoms with E-state index in [1.54, 1.807) is 11.0 Å². The number of Topliss-reactive ketones (excluding diaryl/α,β-unsaturated/α-hetero) is 1. The molecule has 1 N–H and O–H groups in total. The number of hydrogen-bond donors (Lipinski definition) is 1. The molecule has 5 heteroatoms. The summed E-state index contributed by atoms with van der Waals surface area (Å²) in [6.07, 6.45) is 12.2. The van der Waals surface area contributed by atoms with E-state index in [1.807, 2.05) is 13.8 Å². The smallest absolute Gasteiger partial charge is 0.159 e. The fraction of sp³-hybridized carbons (Fsp3) is 0.875. The molecule has 4 aliphatic carbocycles. The monoisotopic (exact) mass is 399 g/mol. The van der Waals surface area contributed by atoms with Gasteiger partial charge in [0.2, 0.25) is 0 Å². The lowest BCUT2D eigenvalue weighted by Gasteiger charge is -2.56. The fourth-order valence-electron chi connectivity index (χ4n) is 8.32. The lowest BCUT2D eigenvalue weighted by molar-refractivity contribution is -0.133. The number of rotatable bonds is 3. The molecule has 4 fully saturated rings. The Kier molecular flexibility index (Phi) is 4.69. The number of aromatic nitrogens is 3. The van der Waals surface area contributed by atoms with Gasteiger partial charge in [0.15, 0.2) is 5.78 Å². The third-order valence-electron chi connectivity index (χ3n) is 9.57. The Bertz CT molecular complexity index is 787. The average molecular weight is 400 g/mol. The molecule has 1 aromatic rings. The van der Waals surface area contributed by atoms with Gasteiger partial charge in [0.25, 0.3) is 0 Å². The van der Waals surface area contributed by atoms with Crippen LogP contribution in [0.2, 0.25) is 0 Å². The van der Waals surface area contributed by atoms with E-state index in [9.17, 15) is 9.90 Å². The van der Waals surface area contributed by atoms with Crippen LogP contribution >= 0.6 is 0 Å². The molecule has 2 unspecified atom stereocenters. The molecule has 29 heavy (non-hydrogen) atoms. The number of fused-ring (bicyclic) bond motifs is 5. The standard InChI is InChI=1S/C24H37N3O2/c1-15-13-25-27(26-15)14-22(28)21-7-6-20-19-5-4-16-12-23(2,29)10-8-17(16)18(19)9-11-24(20,21)3/h13,16-21,29H,4-12,14H2,1-3H3/t16-,17?,18-,19-,20+,21-,23-,24?/m1/s1. The highest BCUT2D eigenvalue weighted by atomic mass is 16.3. The molecule has 0 radical (unpaired) electrons. The van der Waals surface area contributed by atoms with Crippen molar-refractivity contribution >= 4 is 5.78 Å². The quantitative estimate of drug-likeness (QED) is 0.828. The molecule has 0 aromatic carbocycles. The summed E-state index contributed by atoms with van der Waals surface area (Å²) in [5.41, 5.74) is 0.589. The van der Waals surface area contributed by atoms with E-state index in [-0.39, 0.29) is 11.3 Å². The molecule has 5 rings (SSSR count). The summed E-state index contributed by atoms with van der Waals surface area (Å²) in [6.45, 7) is 6.71. The number of aryl methyl sites for hydroxylation is 1. The molecule has 0 amide bonds. The Hall–Kier alpha value is -1.23. The predicted molar refractivity (Wildman–Crippen MR) is 111 cm³/mol. The van der Waals surface area contributed by atoms with E-state index in [0.717, 1.165) is 48.6 Å². The van der Waals surface area contributed by atoms with Crippen molar-refractivity contribution in [2.75, 3.05) is 0 Å². The van der Waals surface area contributed by atoms with E-state index < -0.39 is 5.60 Å². The molecule has 4 saturated carbocycles. The van der Waals surface area contributed by atoms with Crippen molar-refractivity contribution in [3.8, 4) is 0 Å². The predicted octanol–water partition coefficient (Wildman–Crippen LogP) is 4.18. The van der Waals surface area contributed by atoms with Crippen LogP contribution < -0.4 is 0 Å². The molecule has 160 valence electrons. The number of carbonyl (C=O) groups excluding carboxylic acids is 1. The van der Waals surface area contributed by atoms with Gasteiger partial charge in [0.1, 0.15) is 6.54 Å². The van der Waals surface area contributed by atoms with Gasteiger partial charge in [-0.2, -0.15) is 15.0 Å². The van der Waals surface area contributed by atoms with Gasteiger partial charge in [-0.3, -0.25) is 4.79 Å². The summed E-state index contributed by atoms with van der Waals surface area (Å²) in [7, 11) is 0. The highest BCUT2D eigenvalue weighted by Crippen LogP contribution is 2.64. The molecule has 0 aliphatic heterocycles. The summed E-state index contributed by atoms with van der Waals surface area (Å²) in [5.74, 6) is 4.36. The summed E-state index contributed by atoms with van der Waals surface area (Å²) in [4.78, 5) is 14.8. The zero-order valence-corrected chi connectivity index (χ0v) is 18.3. The third-order valence-corrected chi connectivity index (χ3v) is 9.57. The topological polar surface area (TPSA) is 68.0 Å². The highest BCUT2D eigenvalue weighted by Gasteiger charge is 2.58. The molecule has 0 spiro atoms. The maximum Gasteiger partial charge on any atom is 0.159 e.